The first-order chi connectivity index (χ1) is 8.55. The maximum Gasteiger partial charge on any atom is 0.411 e. The molecular weight excluding hydrogens is 284 g/mol. The van der Waals surface area contributed by atoms with E-state index in [1.807, 2.05) is 0 Å². The van der Waals surface area contributed by atoms with Crippen LogP contribution in [-0.2, 0) is 9.53 Å². The van der Waals surface area contributed by atoms with Crippen LogP contribution in [0.1, 0.15) is 6.42 Å². The molecular formula is C9H13F6NO3. The van der Waals surface area contributed by atoms with E-state index >= 15 is 0 Å². The molecule has 4 nitrogen and oxygen atoms in total. The van der Waals surface area contributed by atoms with Gasteiger partial charge in [0.15, 0.2) is 0 Å². The highest BCUT2D eigenvalue weighted by atomic mass is 19.4. The van der Waals surface area contributed by atoms with Crippen LogP contribution in [0.3, 0.4) is 0 Å². The molecule has 0 aliphatic carbocycles. The number of amides is 1. The summed E-state index contributed by atoms with van der Waals surface area (Å²) in [5.74, 6) is -1.03. The van der Waals surface area contributed by atoms with Crippen LogP contribution >= 0.6 is 0 Å². The van der Waals surface area contributed by atoms with Gasteiger partial charge in [-0.1, -0.05) is 0 Å². The second-order valence-corrected chi connectivity index (χ2v) is 3.57. The third-order valence-electron chi connectivity index (χ3n) is 1.82. The van der Waals surface area contributed by atoms with E-state index in [0.717, 1.165) is 0 Å². The number of aliphatic hydroxyl groups excluding tert-OH is 1. The molecule has 19 heavy (non-hydrogen) atoms. The zero-order chi connectivity index (χ0) is 15.1. The maximum absolute atomic E-state index is 12.1. The number of halogens is 6. The first kappa shape index (κ1) is 18.0. The number of alkyl halides is 6. The van der Waals surface area contributed by atoms with Gasteiger partial charge in [-0.3, -0.25) is 4.79 Å². The van der Waals surface area contributed by atoms with E-state index in [0.29, 0.717) is 4.90 Å². The summed E-state index contributed by atoms with van der Waals surface area (Å²) in [5.41, 5.74) is 0. The normalized spacial score (nSPS) is 12.6. The third kappa shape index (κ3) is 10.6. The van der Waals surface area contributed by atoms with E-state index in [9.17, 15) is 31.1 Å². The van der Waals surface area contributed by atoms with Gasteiger partial charge in [0.1, 0.15) is 13.2 Å². The summed E-state index contributed by atoms with van der Waals surface area (Å²) in [6.45, 7) is -4.99. The topological polar surface area (TPSA) is 49.8 Å². The Bertz CT molecular complexity index is 278. The van der Waals surface area contributed by atoms with Crippen molar-refractivity contribution in [2.45, 2.75) is 18.8 Å². The van der Waals surface area contributed by atoms with Crippen LogP contribution in [0.5, 0.6) is 0 Å². The van der Waals surface area contributed by atoms with Crippen LogP contribution in [0.25, 0.3) is 0 Å². The minimum atomic E-state index is -4.64. The Morgan fingerprint density at radius 1 is 1.11 bits per heavy atom. The van der Waals surface area contributed by atoms with Crippen molar-refractivity contribution in [1.29, 1.82) is 0 Å². The minimum Gasteiger partial charge on any atom is -0.395 e. The van der Waals surface area contributed by atoms with Crippen molar-refractivity contribution in [1.82, 2.24) is 4.90 Å². The van der Waals surface area contributed by atoms with E-state index < -0.39 is 57.6 Å². The van der Waals surface area contributed by atoms with Crippen molar-refractivity contribution in [2.75, 3.05) is 32.9 Å². The van der Waals surface area contributed by atoms with Crippen molar-refractivity contribution in [2.24, 2.45) is 0 Å². The van der Waals surface area contributed by atoms with Crippen LogP contribution in [0.2, 0.25) is 0 Å². The van der Waals surface area contributed by atoms with Crippen molar-refractivity contribution in [3.8, 4) is 0 Å². The molecule has 0 aromatic heterocycles. The third-order valence-corrected chi connectivity index (χ3v) is 1.82. The number of carbonyl (C=O) groups excluding carboxylic acids is 1. The van der Waals surface area contributed by atoms with Gasteiger partial charge >= 0.3 is 12.4 Å². The average molecular weight is 297 g/mol. The fourth-order valence-corrected chi connectivity index (χ4v) is 1.13. The van der Waals surface area contributed by atoms with Gasteiger partial charge < -0.3 is 14.7 Å². The van der Waals surface area contributed by atoms with Crippen LogP contribution in [0.15, 0.2) is 0 Å². The van der Waals surface area contributed by atoms with Crippen LogP contribution in [0.4, 0.5) is 26.3 Å². The number of carbonyl (C=O) groups is 1. The molecule has 0 radical (unpaired) electrons. The number of nitrogens with zero attached hydrogens (tertiary/aromatic N) is 1. The molecule has 0 unspecified atom stereocenters. The Hall–Kier alpha value is -1.03. The number of hydrogen-bond donors (Lipinski definition) is 1. The highest BCUT2D eigenvalue weighted by molar-refractivity contribution is 5.76. The van der Waals surface area contributed by atoms with Crippen molar-refractivity contribution in [3.63, 3.8) is 0 Å². The van der Waals surface area contributed by atoms with Crippen LogP contribution < -0.4 is 0 Å². The largest absolute Gasteiger partial charge is 0.411 e. The van der Waals surface area contributed by atoms with Crippen LogP contribution in [0, 0.1) is 0 Å². The van der Waals surface area contributed by atoms with Crippen LogP contribution in [-0.4, -0.2) is 61.2 Å². The monoisotopic (exact) mass is 297 g/mol. The molecule has 0 aliphatic rings. The molecule has 1 amide bonds. The smallest absolute Gasteiger partial charge is 0.395 e. The fraction of sp³-hybridized carbons (Fsp3) is 0.889. The number of hydrogen-bond acceptors (Lipinski definition) is 3. The molecule has 114 valence electrons. The molecule has 0 saturated heterocycles. The lowest BCUT2D eigenvalue weighted by atomic mass is 10.3. The number of ether oxygens (including phenoxy) is 1. The van der Waals surface area contributed by atoms with Gasteiger partial charge in [0.25, 0.3) is 0 Å². The van der Waals surface area contributed by atoms with E-state index in [1.54, 1.807) is 0 Å². The molecule has 10 heteroatoms. The molecule has 0 saturated carbocycles. The fourth-order valence-electron chi connectivity index (χ4n) is 1.13. The molecule has 1 N–H and O–H groups in total. The molecule has 0 heterocycles. The molecule has 0 spiro atoms. The van der Waals surface area contributed by atoms with E-state index in [-0.39, 0.29) is 0 Å². The maximum atomic E-state index is 12.1. The van der Waals surface area contributed by atoms with E-state index in [2.05, 4.69) is 4.74 Å². The van der Waals surface area contributed by atoms with E-state index in [1.165, 1.54) is 0 Å². The summed E-state index contributed by atoms with van der Waals surface area (Å²) >= 11 is 0. The van der Waals surface area contributed by atoms with Gasteiger partial charge in [-0.25, -0.2) is 0 Å². The molecule has 0 aliphatic heterocycles. The minimum absolute atomic E-state index is 0.316. The summed E-state index contributed by atoms with van der Waals surface area (Å²) in [5, 5.41) is 8.52. The number of rotatable bonds is 7. The van der Waals surface area contributed by atoms with Gasteiger partial charge in [-0.2, -0.15) is 26.3 Å². The Labute approximate surface area is 104 Å². The average Bonchev–Trinajstić information content (AvgIpc) is 2.20. The lowest BCUT2D eigenvalue weighted by Gasteiger charge is -2.23. The molecule has 0 aromatic rings. The first-order valence-corrected chi connectivity index (χ1v) is 5.15. The molecule has 0 bridgehead atoms. The first-order valence-electron chi connectivity index (χ1n) is 5.15. The van der Waals surface area contributed by atoms with Gasteiger partial charge in [0, 0.05) is 6.54 Å². The quantitative estimate of drug-likeness (QED) is 0.570. The number of aliphatic hydroxyl groups is 1. The Morgan fingerprint density at radius 3 is 2.11 bits per heavy atom. The zero-order valence-corrected chi connectivity index (χ0v) is 9.72. The second-order valence-electron chi connectivity index (χ2n) is 3.57. The van der Waals surface area contributed by atoms with Crippen molar-refractivity contribution < 1.29 is 41.0 Å². The standard InChI is InChI=1S/C9H13F6NO3/c10-8(11,12)5-16(2-3-17)7(18)1-4-19-6-9(13,14)15/h17H,1-6H2. The highest BCUT2D eigenvalue weighted by Crippen LogP contribution is 2.17. The summed E-state index contributed by atoms with van der Waals surface area (Å²) in [7, 11) is 0. The Kier molecular flexibility index (Phi) is 7.12. The molecule has 0 rings (SSSR count). The predicted octanol–water partition coefficient (Wildman–Crippen LogP) is 1.34. The van der Waals surface area contributed by atoms with Gasteiger partial charge in [-0.05, 0) is 0 Å². The van der Waals surface area contributed by atoms with Gasteiger partial charge in [-0.15, -0.1) is 0 Å². The Balaban J connectivity index is 4.12. The molecule has 0 fully saturated rings. The lowest BCUT2D eigenvalue weighted by Crippen LogP contribution is -2.41. The summed E-state index contributed by atoms with van der Waals surface area (Å²) in [6.07, 6.45) is -9.82. The lowest BCUT2D eigenvalue weighted by molar-refractivity contribution is -0.177. The zero-order valence-electron chi connectivity index (χ0n) is 9.72. The van der Waals surface area contributed by atoms with E-state index in [4.69, 9.17) is 5.11 Å². The molecule has 0 atom stereocenters. The van der Waals surface area contributed by atoms with Crippen molar-refractivity contribution in [3.05, 3.63) is 0 Å². The highest BCUT2D eigenvalue weighted by Gasteiger charge is 2.33. The predicted molar refractivity (Wildman–Crippen MR) is 51.2 cm³/mol. The summed E-state index contributed by atoms with van der Waals surface area (Å²) in [4.78, 5) is 11.6. The second kappa shape index (κ2) is 7.53. The summed E-state index contributed by atoms with van der Waals surface area (Å²) in [6, 6.07) is 0. The van der Waals surface area contributed by atoms with Crippen molar-refractivity contribution >= 4 is 5.91 Å². The SMILES string of the molecule is O=C(CCOCC(F)(F)F)N(CCO)CC(F)(F)F. The van der Waals surface area contributed by atoms with Gasteiger partial charge in [0.2, 0.25) is 5.91 Å². The summed E-state index contributed by atoms with van der Waals surface area (Å²) < 4.78 is 75.4. The molecule has 0 aromatic carbocycles. The van der Waals surface area contributed by atoms with Gasteiger partial charge in [0.05, 0.1) is 19.6 Å². The Morgan fingerprint density at radius 2 is 1.68 bits per heavy atom.